The van der Waals surface area contributed by atoms with Gasteiger partial charge in [0.1, 0.15) is 6.10 Å². The lowest BCUT2D eigenvalue weighted by Crippen LogP contribution is -2.02. The molecule has 0 amide bonds. The zero-order valence-electron chi connectivity index (χ0n) is 16.4. The Morgan fingerprint density at radius 1 is 0.800 bits per heavy atom. The molecule has 1 atom stereocenters. The quantitative estimate of drug-likeness (QED) is 0.246. The van der Waals surface area contributed by atoms with Crippen LogP contribution in [-0.4, -0.2) is 22.3 Å². The van der Waals surface area contributed by atoms with Crippen molar-refractivity contribution >= 4 is 5.97 Å². The van der Waals surface area contributed by atoms with Crippen LogP contribution in [0.1, 0.15) is 116 Å². The van der Waals surface area contributed by atoms with Gasteiger partial charge in [0.15, 0.2) is 0 Å². The van der Waals surface area contributed by atoms with Crippen molar-refractivity contribution in [2.75, 3.05) is 0 Å². The SMILES string of the molecule is CCCCCCCCCCCCC#CC(O)CCCCCCC(=O)O. The molecule has 0 saturated carbocycles. The van der Waals surface area contributed by atoms with Crippen LogP contribution in [0.5, 0.6) is 0 Å². The van der Waals surface area contributed by atoms with E-state index < -0.39 is 12.1 Å². The standard InChI is InChI=1S/C22H40O3/c1-2-3-4-5-6-7-8-9-10-11-12-15-18-21(23)19-16-13-14-17-20-22(24)25/h21,23H,2-14,16-17,19-20H2,1H3,(H,24,25). The van der Waals surface area contributed by atoms with Gasteiger partial charge in [0.25, 0.3) is 0 Å². The largest absolute Gasteiger partial charge is 0.481 e. The van der Waals surface area contributed by atoms with Crippen molar-refractivity contribution in [3.05, 3.63) is 0 Å². The zero-order chi connectivity index (χ0) is 18.6. The van der Waals surface area contributed by atoms with Crippen molar-refractivity contribution < 1.29 is 15.0 Å². The second kappa shape index (κ2) is 19.3. The van der Waals surface area contributed by atoms with Gasteiger partial charge in [-0.1, -0.05) is 83.5 Å². The summed E-state index contributed by atoms with van der Waals surface area (Å²) >= 11 is 0. The van der Waals surface area contributed by atoms with Crippen LogP contribution in [0.25, 0.3) is 0 Å². The van der Waals surface area contributed by atoms with Crippen LogP contribution < -0.4 is 0 Å². The molecule has 0 bridgehead atoms. The van der Waals surface area contributed by atoms with Crippen LogP contribution in [0.2, 0.25) is 0 Å². The highest BCUT2D eigenvalue weighted by Crippen LogP contribution is 2.11. The molecule has 0 spiro atoms. The third-order valence-electron chi connectivity index (χ3n) is 4.54. The van der Waals surface area contributed by atoms with Gasteiger partial charge in [0, 0.05) is 12.8 Å². The fourth-order valence-corrected chi connectivity index (χ4v) is 2.93. The topological polar surface area (TPSA) is 57.5 Å². The van der Waals surface area contributed by atoms with Gasteiger partial charge in [0.2, 0.25) is 0 Å². The van der Waals surface area contributed by atoms with Gasteiger partial charge in [-0.15, -0.1) is 5.92 Å². The highest BCUT2D eigenvalue weighted by atomic mass is 16.4. The van der Waals surface area contributed by atoms with Crippen LogP contribution >= 0.6 is 0 Å². The molecule has 0 saturated heterocycles. The highest BCUT2D eigenvalue weighted by Gasteiger charge is 2.00. The highest BCUT2D eigenvalue weighted by molar-refractivity contribution is 5.66. The summed E-state index contributed by atoms with van der Waals surface area (Å²) in [5.41, 5.74) is 0. The second-order valence-electron chi connectivity index (χ2n) is 7.12. The molecule has 1 unspecified atom stereocenters. The smallest absolute Gasteiger partial charge is 0.303 e. The molecular formula is C22H40O3. The molecule has 0 fully saturated rings. The van der Waals surface area contributed by atoms with E-state index in [4.69, 9.17) is 5.11 Å². The number of unbranched alkanes of at least 4 members (excludes halogenated alkanes) is 13. The van der Waals surface area contributed by atoms with Crippen LogP contribution in [0.15, 0.2) is 0 Å². The van der Waals surface area contributed by atoms with Crippen LogP contribution in [0, 0.1) is 11.8 Å². The minimum Gasteiger partial charge on any atom is -0.481 e. The number of carboxylic acid groups (broad SMARTS) is 1. The molecule has 2 N–H and O–H groups in total. The summed E-state index contributed by atoms with van der Waals surface area (Å²) < 4.78 is 0. The molecule has 3 nitrogen and oxygen atoms in total. The third kappa shape index (κ3) is 20.9. The predicted octanol–water partition coefficient (Wildman–Crippen LogP) is 6.09. The summed E-state index contributed by atoms with van der Waals surface area (Å²) in [4.78, 5) is 10.4. The summed E-state index contributed by atoms with van der Waals surface area (Å²) in [5, 5.41) is 18.3. The van der Waals surface area contributed by atoms with E-state index in [1.54, 1.807) is 0 Å². The molecule has 0 radical (unpaired) electrons. The Balaban J connectivity index is 3.30. The fraction of sp³-hybridized carbons (Fsp3) is 0.864. The number of hydrogen-bond acceptors (Lipinski definition) is 2. The number of carboxylic acids is 1. The minimum absolute atomic E-state index is 0.251. The van der Waals surface area contributed by atoms with Gasteiger partial charge in [-0.25, -0.2) is 0 Å². The van der Waals surface area contributed by atoms with Crippen LogP contribution in [-0.2, 0) is 4.79 Å². The van der Waals surface area contributed by atoms with Crippen molar-refractivity contribution in [3.8, 4) is 11.8 Å². The average molecular weight is 353 g/mol. The number of aliphatic hydroxyl groups is 1. The van der Waals surface area contributed by atoms with Crippen molar-refractivity contribution in [1.29, 1.82) is 0 Å². The Kier molecular flexibility index (Phi) is 18.5. The summed E-state index contributed by atoms with van der Waals surface area (Å²) in [6.45, 7) is 2.26. The van der Waals surface area contributed by atoms with Crippen molar-refractivity contribution in [2.45, 2.75) is 122 Å². The van der Waals surface area contributed by atoms with Gasteiger partial charge in [-0.05, 0) is 25.7 Å². The monoisotopic (exact) mass is 352 g/mol. The molecule has 0 aliphatic carbocycles. The molecule has 0 heterocycles. The lowest BCUT2D eigenvalue weighted by Gasteiger charge is -2.03. The molecule has 146 valence electrons. The Morgan fingerprint density at radius 2 is 1.32 bits per heavy atom. The zero-order valence-corrected chi connectivity index (χ0v) is 16.4. The van der Waals surface area contributed by atoms with Crippen molar-refractivity contribution in [1.82, 2.24) is 0 Å². The Labute approximate surface area is 155 Å². The molecule has 25 heavy (non-hydrogen) atoms. The maximum atomic E-state index is 10.4. The van der Waals surface area contributed by atoms with E-state index in [-0.39, 0.29) is 6.42 Å². The van der Waals surface area contributed by atoms with E-state index in [1.165, 1.54) is 57.8 Å². The number of rotatable bonds is 17. The van der Waals surface area contributed by atoms with E-state index in [9.17, 15) is 9.90 Å². The van der Waals surface area contributed by atoms with Crippen LogP contribution in [0.3, 0.4) is 0 Å². The molecule has 3 heteroatoms. The van der Waals surface area contributed by atoms with Crippen molar-refractivity contribution in [2.24, 2.45) is 0 Å². The van der Waals surface area contributed by atoms with Gasteiger partial charge >= 0.3 is 5.97 Å². The molecule has 0 aliphatic rings. The number of hydrogen-bond donors (Lipinski definition) is 2. The maximum absolute atomic E-state index is 10.4. The Bertz CT molecular complexity index is 354. The second-order valence-corrected chi connectivity index (χ2v) is 7.12. The van der Waals surface area contributed by atoms with E-state index in [1.807, 2.05) is 0 Å². The fourth-order valence-electron chi connectivity index (χ4n) is 2.93. The first kappa shape index (κ1) is 24.0. The first-order valence-corrected chi connectivity index (χ1v) is 10.5. The first-order chi connectivity index (χ1) is 12.2. The molecular weight excluding hydrogens is 312 g/mol. The van der Waals surface area contributed by atoms with Gasteiger partial charge in [-0.3, -0.25) is 4.79 Å². The van der Waals surface area contributed by atoms with Gasteiger partial charge < -0.3 is 10.2 Å². The molecule has 0 aromatic rings. The normalized spacial score (nSPS) is 11.8. The third-order valence-corrected chi connectivity index (χ3v) is 4.54. The number of aliphatic hydroxyl groups excluding tert-OH is 1. The summed E-state index contributed by atoms with van der Waals surface area (Å²) in [5.74, 6) is 5.31. The van der Waals surface area contributed by atoms with Crippen LogP contribution in [0.4, 0.5) is 0 Å². The van der Waals surface area contributed by atoms with E-state index in [0.29, 0.717) is 6.42 Å². The Hall–Kier alpha value is -1.01. The number of carbonyl (C=O) groups is 1. The minimum atomic E-state index is -0.724. The molecule has 0 aromatic heterocycles. The Morgan fingerprint density at radius 3 is 1.92 bits per heavy atom. The lowest BCUT2D eigenvalue weighted by atomic mass is 10.1. The molecule has 0 aliphatic heterocycles. The van der Waals surface area contributed by atoms with Gasteiger partial charge in [0.05, 0.1) is 0 Å². The summed E-state index contributed by atoms with van der Waals surface area (Å²) in [7, 11) is 0. The van der Waals surface area contributed by atoms with Crippen molar-refractivity contribution in [3.63, 3.8) is 0 Å². The number of aliphatic carboxylic acids is 1. The van der Waals surface area contributed by atoms with E-state index in [0.717, 1.165) is 38.5 Å². The first-order valence-electron chi connectivity index (χ1n) is 10.5. The van der Waals surface area contributed by atoms with E-state index in [2.05, 4.69) is 18.8 Å². The average Bonchev–Trinajstić information content (AvgIpc) is 2.58. The predicted molar refractivity (Wildman–Crippen MR) is 106 cm³/mol. The maximum Gasteiger partial charge on any atom is 0.303 e. The van der Waals surface area contributed by atoms with Gasteiger partial charge in [-0.2, -0.15) is 0 Å². The molecule has 0 rings (SSSR count). The summed E-state index contributed by atoms with van der Waals surface area (Å²) in [6.07, 6.45) is 18.2. The van der Waals surface area contributed by atoms with E-state index >= 15 is 0 Å². The summed E-state index contributed by atoms with van der Waals surface area (Å²) in [6, 6.07) is 0. The molecule has 0 aromatic carbocycles. The lowest BCUT2D eigenvalue weighted by molar-refractivity contribution is -0.137.